The number of rotatable bonds is 4. The summed E-state index contributed by atoms with van der Waals surface area (Å²) in [5.41, 5.74) is 0.395. The van der Waals surface area contributed by atoms with Crippen LogP contribution in [-0.2, 0) is 20.9 Å². The number of ether oxygens (including phenoxy) is 1. The van der Waals surface area contributed by atoms with E-state index in [0.29, 0.717) is 45.8 Å². The van der Waals surface area contributed by atoms with Gasteiger partial charge in [0.25, 0.3) is 0 Å². The van der Waals surface area contributed by atoms with Crippen LogP contribution in [0.25, 0.3) is 0 Å². The van der Waals surface area contributed by atoms with Gasteiger partial charge in [0.2, 0.25) is 11.8 Å². The van der Waals surface area contributed by atoms with Gasteiger partial charge in [0.05, 0.1) is 24.2 Å². The summed E-state index contributed by atoms with van der Waals surface area (Å²) in [5.74, 6) is -0.00395. The van der Waals surface area contributed by atoms with E-state index >= 15 is 0 Å². The average molecular weight is 358 g/mol. The van der Waals surface area contributed by atoms with Gasteiger partial charge in [-0.05, 0) is 25.0 Å². The lowest BCUT2D eigenvalue weighted by Gasteiger charge is -2.24. The molecule has 1 aromatic rings. The maximum Gasteiger partial charge on any atom is 0.410 e. The molecule has 1 atom stereocenters. The van der Waals surface area contributed by atoms with Gasteiger partial charge in [0, 0.05) is 25.8 Å². The monoisotopic (exact) mass is 358 g/mol. The molecule has 0 radical (unpaired) electrons. The highest BCUT2D eigenvalue weighted by atomic mass is 16.6. The zero-order valence-corrected chi connectivity index (χ0v) is 14.6. The molecule has 0 aliphatic carbocycles. The quantitative estimate of drug-likeness (QED) is 0.782. The normalized spacial score (nSPS) is 25.5. The molecule has 3 aliphatic heterocycles. The third-order valence-corrected chi connectivity index (χ3v) is 5.56. The van der Waals surface area contributed by atoms with Gasteiger partial charge in [-0.1, -0.05) is 6.07 Å². The number of carbonyl (C=O) groups is 3. The Kier molecular flexibility index (Phi) is 4.26. The number of likely N-dealkylation sites (tertiary alicyclic amines) is 2. The van der Waals surface area contributed by atoms with E-state index in [1.54, 1.807) is 11.1 Å². The summed E-state index contributed by atoms with van der Waals surface area (Å²) in [6, 6.07) is 5.68. The van der Waals surface area contributed by atoms with E-state index in [4.69, 9.17) is 4.74 Å². The molecule has 26 heavy (non-hydrogen) atoms. The minimum absolute atomic E-state index is 0.0285. The van der Waals surface area contributed by atoms with Crippen molar-refractivity contribution in [3.8, 4) is 0 Å². The van der Waals surface area contributed by atoms with Crippen LogP contribution in [0.2, 0.25) is 0 Å². The van der Waals surface area contributed by atoms with Crippen molar-refractivity contribution in [1.29, 1.82) is 0 Å². The van der Waals surface area contributed by atoms with Gasteiger partial charge in [0.1, 0.15) is 13.2 Å². The summed E-state index contributed by atoms with van der Waals surface area (Å²) < 4.78 is 4.86. The van der Waals surface area contributed by atoms with Crippen molar-refractivity contribution in [3.63, 3.8) is 0 Å². The number of nitrogens with zero attached hydrogens (tertiary/aromatic N) is 4. The molecule has 8 nitrogen and oxygen atoms in total. The molecule has 4 heterocycles. The van der Waals surface area contributed by atoms with E-state index in [1.165, 1.54) is 4.90 Å². The van der Waals surface area contributed by atoms with E-state index in [2.05, 4.69) is 4.98 Å². The van der Waals surface area contributed by atoms with Crippen molar-refractivity contribution in [3.05, 3.63) is 30.1 Å². The Bertz CT molecular complexity index is 725. The molecule has 3 aliphatic rings. The SMILES string of the molecule is O=C(CN1CCOC1=O)N1CCC2(CCN(Cc3ccccn3)C2=O)C1. The summed E-state index contributed by atoms with van der Waals surface area (Å²) >= 11 is 0. The van der Waals surface area contributed by atoms with Crippen molar-refractivity contribution in [2.24, 2.45) is 5.41 Å². The second-order valence-electron chi connectivity index (χ2n) is 7.18. The second-order valence-corrected chi connectivity index (χ2v) is 7.18. The number of pyridine rings is 1. The Morgan fingerprint density at radius 2 is 2.00 bits per heavy atom. The van der Waals surface area contributed by atoms with Crippen LogP contribution >= 0.6 is 0 Å². The predicted octanol–water partition coefficient (Wildman–Crippen LogP) is 0.485. The largest absolute Gasteiger partial charge is 0.448 e. The number of cyclic esters (lactones) is 1. The molecule has 0 aromatic carbocycles. The van der Waals surface area contributed by atoms with Gasteiger partial charge in [-0.25, -0.2) is 4.79 Å². The van der Waals surface area contributed by atoms with E-state index in [9.17, 15) is 14.4 Å². The van der Waals surface area contributed by atoms with Gasteiger partial charge in [-0.15, -0.1) is 0 Å². The van der Waals surface area contributed by atoms with E-state index in [-0.39, 0.29) is 18.4 Å². The van der Waals surface area contributed by atoms with Gasteiger partial charge in [0.15, 0.2) is 0 Å². The summed E-state index contributed by atoms with van der Waals surface area (Å²) in [5, 5.41) is 0. The van der Waals surface area contributed by atoms with Gasteiger partial charge in [-0.3, -0.25) is 19.5 Å². The Morgan fingerprint density at radius 1 is 1.15 bits per heavy atom. The molecule has 3 amide bonds. The highest BCUT2D eigenvalue weighted by Gasteiger charge is 2.51. The molecule has 0 N–H and O–H groups in total. The first-order chi connectivity index (χ1) is 12.6. The first-order valence-corrected chi connectivity index (χ1v) is 8.96. The van der Waals surface area contributed by atoms with Crippen molar-refractivity contribution in [1.82, 2.24) is 19.7 Å². The molecule has 0 bridgehead atoms. The van der Waals surface area contributed by atoms with Crippen molar-refractivity contribution >= 4 is 17.9 Å². The molecule has 3 saturated heterocycles. The zero-order chi connectivity index (χ0) is 18.1. The summed E-state index contributed by atoms with van der Waals surface area (Å²) in [7, 11) is 0. The molecule has 3 fully saturated rings. The first-order valence-electron chi connectivity index (χ1n) is 8.96. The average Bonchev–Trinajstić information content (AvgIpc) is 3.33. The lowest BCUT2D eigenvalue weighted by Crippen LogP contribution is -2.42. The number of carbonyl (C=O) groups excluding carboxylic acids is 3. The molecule has 4 rings (SSSR count). The predicted molar refractivity (Wildman–Crippen MR) is 90.8 cm³/mol. The number of hydrogen-bond acceptors (Lipinski definition) is 5. The number of hydrogen-bond donors (Lipinski definition) is 0. The third kappa shape index (κ3) is 3.00. The molecular formula is C18H22N4O4. The minimum atomic E-state index is -0.476. The van der Waals surface area contributed by atoms with E-state index in [0.717, 1.165) is 12.1 Å². The van der Waals surface area contributed by atoms with Crippen molar-refractivity contribution in [2.75, 3.05) is 39.3 Å². The van der Waals surface area contributed by atoms with Gasteiger partial charge < -0.3 is 14.5 Å². The van der Waals surface area contributed by atoms with Crippen LogP contribution in [0.5, 0.6) is 0 Å². The second kappa shape index (κ2) is 6.59. The summed E-state index contributed by atoms with van der Waals surface area (Å²) in [4.78, 5) is 46.3. The summed E-state index contributed by atoms with van der Waals surface area (Å²) in [6.07, 6.45) is 2.73. The van der Waals surface area contributed by atoms with Crippen molar-refractivity contribution in [2.45, 2.75) is 19.4 Å². The van der Waals surface area contributed by atoms with Crippen LogP contribution in [0.1, 0.15) is 18.5 Å². The fraction of sp³-hybridized carbons (Fsp3) is 0.556. The van der Waals surface area contributed by atoms with Crippen LogP contribution < -0.4 is 0 Å². The standard InChI is InChI=1S/C18H22N4O4/c23-15(12-21-9-10-26-17(21)25)22-8-5-18(13-22)4-7-20(16(18)24)11-14-3-1-2-6-19-14/h1-3,6H,4-5,7-13H2. The molecule has 1 aromatic heterocycles. The van der Waals surface area contributed by atoms with E-state index < -0.39 is 11.5 Å². The minimum Gasteiger partial charge on any atom is -0.448 e. The van der Waals surface area contributed by atoms with Gasteiger partial charge >= 0.3 is 6.09 Å². The molecule has 1 unspecified atom stereocenters. The Hall–Kier alpha value is -2.64. The number of amides is 3. The molecule has 1 spiro atoms. The van der Waals surface area contributed by atoms with Crippen molar-refractivity contribution < 1.29 is 19.1 Å². The molecule has 8 heteroatoms. The maximum absolute atomic E-state index is 13.0. The highest BCUT2D eigenvalue weighted by Crippen LogP contribution is 2.41. The Balaban J connectivity index is 1.37. The molecule has 0 saturated carbocycles. The Morgan fingerprint density at radius 3 is 2.73 bits per heavy atom. The number of aromatic nitrogens is 1. The lowest BCUT2D eigenvalue weighted by atomic mass is 9.85. The fourth-order valence-electron chi connectivity index (χ4n) is 4.03. The van der Waals surface area contributed by atoms with Crippen LogP contribution in [0.4, 0.5) is 4.79 Å². The summed E-state index contributed by atoms with van der Waals surface area (Å²) in [6.45, 7) is 3.00. The molecule has 138 valence electrons. The van der Waals surface area contributed by atoms with Crippen LogP contribution in [0.3, 0.4) is 0 Å². The third-order valence-electron chi connectivity index (χ3n) is 5.56. The topological polar surface area (TPSA) is 83.1 Å². The van der Waals surface area contributed by atoms with Crippen LogP contribution in [-0.4, -0.2) is 76.9 Å². The highest BCUT2D eigenvalue weighted by molar-refractivity contribution is 5.88. The lowest BCUT2D eigenvalue weighted by molar-refractivity contribution is -0.137. The smallest absolute Gasteiger partial charge is 0.410 e. The maximum atomic E-state index is 13.0. The zero-order valence-electron chi connectivity index (χ0n) is 14.6. The van der Waals surface area contributed by atoms with Crippen LogP contribution in [0, 0.1) is 5.41 Å². The Labute approximate surface area is 151 Å². The fourth-order valence-corrected chi connectivity index (χ4v) is 4.03. The van der Waals surface area contributed by atoms with E-state index in [1.807, 2.05) is 23.1 Å². The molecular weight excluding hydrogens is 336 g/mol. The van der Waals surface area contributed by atoms with Crippen LogP contribution in [0.15, 0.2) is 24.4 Å². The first kappa shape index (κ1) is 16.8. The van der Waals surface area contributed by atoms with Gasteiger partial charge in [-0.2, -0.15) is 0 Å².